The van der Waals surface area contributed by atoms with E-state index in [1.165, 1.54) is 4.90 Å². The predicted molar refractivity (Wildman–Crippen MR) is 154 cm³/mol. The van der Waals surface area contributed by atoms with Gasteiger partial charge in [0.1, 0.15) is 23.7 Å². The third kappa shape index (κ3) is 4.78. The lowest BCUT2D eigenvalue weighted by Gasteiger charge is -2.36. The fraction of sp³-hybridized carbons (Fsp3) is 0.438. The minimum Gasteiger partial charge on any atom is -0.460 e. The van der Waals surface area contributed by atoms with Crippen molar-refractivity contribution in [1.29, 1.82) is 0 Å². The van der Waals surface area contributed by atoms with Gasteiger partial charge in [-0.2, -0.15) is 0 Å². The topological polar surface area (TPSA) is 125 Å². The van der Waals surface area contributed by atoms with Crippen molar-refractivity contribution in [2.75, 3.05) is 31.1 Å². The van der Waals surface area contributed by atoms with Gasteiger partial charge in [-0.15, -0.1) is 0 Å². The predicted octanol–water partition coefficient (Wildman–Crippen LogP) is 2.10. The van der Waals surface area contributed by atoms with E-state index in [0.29, 0.717) is 12.1 Å². The molecule has 220 valence electrons. The van der Waals surface area contributed by atoms with Crippen LogP contribution in [0.4, 0.5) is 5.69 Å². The van der Waals surface area contributed by atoms with Gasteiger partial charge in [-0.1, -0.05) is 54.6 Å². The first-order chi connectivity index (χ1) is 20.3. The highest BCUT2D eigenvalue weighted by atomic mass is 16.6. The molecule has 3 amide bonds. The van der Waals surface area contributed by atoms with Crippen LogP contribution < -0.4 is 10.2 Å². The molecule has 4 aliphatic heterocycles. The highest BCUT2D eigenvalue weighted by Crippen LogP contribution is 2.55. The molecule has 0 aromatic heterocycles. The van der Waals surface area contributed by atoms with Crippen LogP contribution in [0.25, 0.3) is 10.8 Å². The van der Waals surface area contributed by atoms with Crippen molar-refractivity contribution in [1.82, 2.24) is 10.2 Å². The first-order valence-corrected chi connectivity index (χ1v) is 14.5. The molecule has 2 aromatic carbocycles. The zero-order chi connectivity index (χ0) is 29.4. The first kappa shape index (κ1) is 28.1. The molecule has 5 bridgehead atoms. The van der Waals surface area contributed by atoms with E-state index in [2.05, 4.69) is 5.32 Å². The van der Waals surface area contributed by atoms with E-state index in [9.17, 15) is 24.3 Å². The van der Waals surface area contributed by atoms with Crippen molar-refractivity contribution in [3.05, 3.63) is 66.8 Å². The molecule has 1 spiro atoms. The van der Waals surface area contributed by atoms with Crippen molar-refractivity contribution < 1.29 is 33.8 Å². The Morgan fingerprint density at radius 3 is 2.67 bits per heavy atom. The number of benzene rings is 2. The van der Waals surface area contributed by atoms with E-state index in [-0.39, 0.29) is 56.8 Å². The second-order valence-corrected chi connectivity index (χ2v) is 11.4. The Hall–Kier alpha value is -4.02. The Morgan fingerprint density at radius 1 is 1.05 bits per heavy atom. The number of ether oxygens (including phenoxy) is 2. The molecular weight excluding hydrogens is 538 g/mol. The Balaban J connectivity index is 1.44. The van der Waals surface area contributed by atoms with Gasteiger partial charge in [0, 0.05) is 31.8 Å². The van der Waals surface area contributed by atoms with Crippen LogP contribution >= 0.6 is 0 Å². The maximum absolute atomic E-state index is 14.7. The molecule has 2 saturated heterocycles. The number of cyclic esters (lactones) is 1. The summed E-state index contributed by atoms with van der Waals surface area (Å²) in [5.74, 6) is -3.36. The minimum absolute atomic E-state index is 0.136. The van der Waals surface area contributed by atoms with Gasteiger partial charge in [0.15, 0.2) is 0 Å². The van der Waals surface area contributed by atoms with E-state index in [0.717, 1.165) is 10.8 Å². The quantitative estimate of drug-likeness (QED) is 0.424. The van der Waals surface area contributed by atoms with Gasteiger partial charge < -0.3 is 29.7 Å². The van der Waals surface area contributed by atoms with E-state index >= 15 is 0 Å². The van der Waals surface area contributed by atoms with Gasteiger partial charge in [0.25, 0.3) is 5.91 Å². The smallest absolute Gasteiger partial charge is 0.313 e. The zero-order valence-corrected chi connectivity index (χ0v) is 23.5. The van der Waals surface area contributed by atoms with Crippen LogP contribution in [-0.4, -0.2) is 83.8 Å². The first-order valence-electron chi connectivity index (χ1n) is 14.5. The van der Waals surface area contributed by atoms with E-state index in [1.807, 2.05) is 54.6 Å². The summed E-state index contributed by atoms with van der Waals surface area (Å²) in [7, 11) is 0. The molecule has 0 radical (unpaired) electrons. The van der Waals surface area contributed by atoms with Crippen LogP contribution in [-0.2, 0) is 28.7 Å². The van der Waals surface area contributed by atoms with Crippen LogP contribution in [0.3, 0.4) is 0 Å². The zero-order valence-electron chi connectivity index (χ0n) is 23.5. The number of likely N-dealkylation sites (tertiary alicyclic amines) is 1. The van der Waals surface area contributed by atoms with Gasteiger partial charge in [-0.05, 0) is 42.7 Å². The molecule has 10 heteroatoms. The number of hydrogen-bond acceptors (Lipinski definition) is 7. The summed E-state index contributed by atoms with van der Waals surface area (Å²) in [6.07, 6.45) is 6.87. The number of anilines is 1. The molecule has 6 rings (SSSR count). The van der Waals surface area contributed by atoms with Gasteiger partial charge in [0.05, 0.1) is 18.6 Å². The lowest BCUT2D eigenvalue weighted by Crippen LogP contribution is -2.56. The van der Waals surface area contributed by atoms with Crippen LogP contribution in [0.2, 0.25) is 0 Å². The van der Waals surface area contributed by atoms with Crippen LogP contribution in [0.5, 0.6) is 0 Å². The number of aliphatic hydroxyl groups excluding tert-OH is 1. The second-order valence-electron chi connectivity index (χ2n) is 11.4. The number of rotatable bonds is 4. The molecule has 4 aliphatic rings. The summed E-state index contributed by atoms with van der Waals surface area (Å²) in [5.41, 5.74) is -0.697. The third-order valence-electron chi connectivity index (χ3n) is 8.64. The highest BCUT2D eigenvalue weighted by molar-refractivity contribution is 6.06. The van der Waals surface area contributed by atoms with Gasteiger partial charge >= 0.3 is 5.97 Å². The normalized spacial score (nSPS) is 32.3. The standard InChI is InChI=1S/C32H35N3O7/c1-20-19-33-25(37)10-3-2-6-15-34(23-12-11-21-8-4-5-9-22(21)18-23)30(39)28-32-14-13-24(42-32)26(31(40)41-20)27(32)29(38)35(28)16-7-17-36/h2,4-6,8-9,11-14,18,20,24,26-28,36H,3,7,10,15-17,19H2,1H3,(H,33,37)/b6-2-/t20-,24+,26-,27-,28+,32-/m1/s1. The average Bonchev–Trinajstić information content (AvgIpc) is 3.63. The number of nitrogens with zero attached hydrogens (tertiary/aromatic N) is 2. The number of allylic oxidation sites excluding steroid dienone is 1. The number of carbonyl (C=O) groups is 4. The maximum Gasteiger partial charge on any atom is 0.313 e. The summed E-state index contributed by atoms with van der Waals surface area (Å²) in [6.45, 7) is 2.01. The average molecular weight is 574 g/mol. The summed E-state index contributed by atoms with van der Waals surface area (Å²) in [5, 5.41) is 14.4. The molecule has 0 saturated carbocycles. The Kier molecular flexibility index (Phi) is 7.59. The fourth-order valence-electron chi connectivity index (χ4n) is 6.69. The molecule has 6 atom stereocenters. The fourth-order valence-corrected chi connectivity index (χ4v) is 6.69. The van der Waals surface area contributed by atoms with Crippen LogP contribution in [0.1, 0.15) is 26.2 Å². The number of amides is 3. The van der Waals surface area contributed by atoms with Crippen molar-refractivity contribution >= 4 is 40.2 Å². The number of hydrogen-bond donors (Lipinski definition) is 2. The highest BCUT2D eigenvalue weighted by Gasteiger charge is 2.73. The molecule has 10 nitrogen and oxygen atoms in total. The molecule has 0 unspecified atom stereocenters. The number of carbonyl (C=O) groups excluding carboxylic acids is 4. The maximum atomic E-state index is 14.7. The summed E-state index contributed by atoms with van der Waals surface area (Å²) >= 11 is 0. The largest absolute Gasteiger partial charge is 0.460 e. The third-order valence-corrected chi connectivity index (χ3v) is 8.64. The SMILES string of the molecule is C[C@@H]1CNC(=O)CC/C=C\CN(c2ccc3ccccc3c2)C(=O)[C@@H]2N(CCCO)C(=O)[C@H]3[C@H](C(=O)O1)[C@@H]1C=C[C@]23O1. The van der Waals surface area contributed by atoms with Crippen molar-refractivity contribution in [2.45, 2.75) is 50.0 Å². The Labute approximate surface area is 243 Å². The Morgan fingerprint density at radius 2 is 1.86 bits per heavy atom. The van der Waals surface area contributed by atoms with Gasteiger partial charge in [-0.25, -0.2) is 0 Å². The van der Waals surface area contributed by atoms with E-state index in [1.54, 1.807) is 24.0 Å². The van der Waals surface area contributed by atoms with Crippen molar-refractivity contribution in [3.8, 4) is 0 Å². The van der Waals surface area contributed by atoms with E-state index in [4.69, 9.17) is 9.47 Å². The van der Waals surface area contributed by atoms with Crippen molar-refractivity contribution in [3.63, 3.8) is 0 Å². The molecule has 2 aromatic rings. The molecule has 42 heavy (non-hydrogen) atoms. The number of fused-ring (bicyclic) bond motifs is 3. The monoisotopic (exact) mass is 573 g/mol. The number of esters is 1. The second kappa shape index (κ2) is 11.3. The van der Waals surface area contributed by atoms with E-state index < -0.39 is 41.7 Å². The molecular formula is C32H35N3O7. The summed E-state index contributed by atoms with van der Waals surface area (Å²) in [4.78, 5) is 57.7. The molecule has 2 fully saturated rings. The van der Waals surface area contributed by atoms with Gasteiger partial charge in [0.2, 0.25) is 11.8 Å². The minimum atomic E-state index is -1.35. The molecule has 2 N–H and O–H groups in total. The van der Waals surface area contributed by atoms with Crippen LogP contribution in [0, 0.1) is 11.8 Å². The molecule has 4 heterocycles. The number of nitrogens with one attached hydrogen (secondary N) is 1. The summed E-state index contributed by atoms with van der Waals surface area (Å²) in [6, 6.07) is 12.6. The lowest BCUT2D eigenvalue weighted by molar-refractivity contribution is -0.158. The van der Waals surface area contributed by atoms with Crippen LogP contribution in [0.15, 0.2) is 66.8 Å². The molecule has 0 aliphatic carbocycles. The summed E-state index contributed by atoms with van der Waals surface area (Å²) < 4.78 is 12.1. The van der Waals surface area contributed by atoms with Crippen molar-refractivity contribution in [2.24, 2.45) is 11.8 Å². The van der Waals surface area contributed by atoms with Gasteiger partial charge in [-0.3, -0.25) is 19.2 Å². The Bertz CT molecular complexity index is 1470. The number of aliphatic hydroxyl groups is 1. The lowest BCUT2D eigenvalue weighted by atomic mass is 9.74.